The monoisotopic (exact) mass is 889 g/mol. The Morgan fingerprint density at radius 3 is 1.49 bits per heavy atom. The van der Waals surface area contributed by atoms with Crippen molar-refractivity contribution in [2.45, 2.75) is 158 Å². The Labute approximate surface area is 382 Å². The molecule has 10 heteroatoms. The number of thioether (sulfide) groups is 2. The number of benzene rings is 3. The fourth-order valence-electron chi connectivity index (χ4n) is 10.8. The fraction of sp³-hybridized carbons (Fsp3) is 0.547. The second-order valence-electron chi connectivity index (χ2n) is 18.5. The molecule has 1 unspecified atom stereocenters. The van der Waals surface area contributed by atoms with E-state index in [1.165, 1.54) is 74.9 Å². The van der Waals surface area contributed by atoms with Crippen molar-refractivity contribution in [3.8, 4) is 17.6 Å². The van der Waals surface area contributed by atoms with Crippen LogP contribution in [0.25, 0.3) is 0 Å². The van der Waals surface area contributed by atoms with Gasteiger partial charge in [-0.3, -0.25) is 9.59 Å². The van der Waals surface area contributed by atoms with E-state index >= 15 is 0 Å². The van der Waals surface area contributed by atoms with Crippen LogP contribution < -0.4 is 9.47 Å². The topological polar surface area (TPSA) is 112 Å². The van der Waals surface area contributed by atoms with E-state index in [0.29, 0.717) is 43.8 Å². The van der Waals surface area contributed by atoms with E-state index in [1.807, 2.05) is 6.92 Å². The first-order valence-corrected chi connectivity index (χ1v) is 25.4. The van der Waals surface area contributed by atoms with E-state index in [-0.39, 0.29) is 53.9 Å². The predicted molar refractivity (Wildman–Crippen MR) is 248 cm³/mol. The third-order valence-corrected chi connectivity index (χ3v) is 17.1. The van der Waals surface area contributed by atoms with Crippen LogP contribution in [0.2, 0.25) is 0 Å². The summed E-state index contributed by atoms with van der Waals surface area (Å²) in [5.41, 5.74) is 6.08. The lowest BCUT2D eigenvalue weighted by Gasteiger charge is -2.44. The summed E-state index contributed by atoms with van der Waals surface area (Å²) in [6.07, 6.45) is 17.3. The summed E-state index contributed by atoms with van der Waals surface area (Å²) in [6.45, 7) is 6.45. The standard InChI is InChI=1S/C53H63NO7S2/c1-5-7-9-15-33-21-25-35(26-22-33)50(55)60-46-44-42-37-17-11-13-19-39(37)43(40-20-14-12-18-38(40)42)45(44)47(61-51(56)36-27-23-34(24-28-36)16-10-8-6-2)49-48(46)62-53(63-49)41(31-54)52(57)59-30-29-32(3)58-4/h11-14,17-20,32-36,42-43H,5-10,15-16,21-30H2,1-4H3. The Bertz CT molecular complexity index is 2070. The number of nitrogens with zero attached hydrogens (tertiary/aromatic N) is 1. The molecule has 0 amide bonds. The quantitative estimate of drug-likeness (QED) is 0.0294. The summed E-state index contributed by atoms with van der Waals surface area (Å²) in [5.74, 6) is -0.103. The Hall–Kier alpha value is -4.04. The summed E-state index contributed by atoms with van der Waals surface area (Å²) < 4.78 is 25.0. The molecule has 1 atom stereocenters. The molecular formula is C53H63NO7S2. The highest BCUT2D eigenvalue weighted by molar-refractivity contribution is 8.24. The molecule has 334 valence electrons. The summed E-state index contributed by atoms with van der Waals surface area (Å²) in [6, 6.07) is 19.0. The van der Waals surface area contributed by atoms with Crippen LogP contribution in [0.1, 0.15) is 175 Å². The van der Waals surface area contributed by atoms with E-state index < -0.39 is 5.97 Å². The van der Waals surface area contributed by atoms with Gasteiger partial charge >= 0.3 is 17.9 Å². The minimum atomic E-state index is -0.725. The molecule has 3 aromatic rings. The molecule has 9 rings (SSSR count). The van der Waals surface area contributed by atoms with Crippen LogP contribution in [-0.4, -0.2) is 37.7 Å². The Morgan fingerprint density at radius 1 is 0.683 bits per heavy atom. The van der Waals surface area contributed by atoms with Crippen LogP contribution in [0, 0.1) is 35.0 Å². The van der Waals surface area contributed by atoms with Crippen molar-refractivity contribution >= 4 is 41.4 Å². The lowest BCUT2D eigenvalue weighted by atomic mass is 9.60. The molecule has 5 aliphatic carbocycles. The van der Waals surface area contributed by atoms with Gasteiger partial charge in [-0.05, 0) is 92.4 Å². The van der Waals surface area contributed by atoms with Gasteiger partial charge in [0, 0.05) is 36.5 Å². The minimum absolute atomic E-state index is 0.0934. The van der Waals surface area contributed by atoms with Crippen LogP contribution in [0.4, 0.5) is 0 Å². The van der Waals surface area contributed by atoms with Crippen molar-refractivity contribution in [1.29, 1.82) is 5.26 Å². The molecular weight excluding hydrogens is 827 g/mol. The maximum atomic E-state index is 14.6. The number of fused-ring (bicyclic) bond motifs is 1. The molecule has 63 heavy (non-hydrogen) atoms. The molecule has 1 aliphatic heterocycles. The Kier molecular flexibility index (Phi) is 15.1. The highest BCUT2D eigenvalue weighted by atomic mass is 32.2. The zero-order valence-electron chi connectivity index (χ0n) is 37.5. The van der Waals surface area contributed by atoms with Gasteiger partial charge < -0.3 is 18.9 Å². The summed E-state index contributed by atoms with van der Waals surface area (Å²) in [5, 5.41) is 10.6. The van der Waals surface area contributed by atoms with Crippen LogP contribution in [0.15, 0.2) is 68.1 Å². The van der Waals surface area contributed by atoms with Crippen LogP contribution in [-0.2, 0) is 23.9 Å². The first kappa shape index (κ1) is 45.5. The Balaban J connectivity index is 1.22. The van der Waals surface area contributed by atoms with Gasteiger partial charge in [-0.1, -0.05) is 137 Å². The molecule has 0 radical (unpaired) electrons. The SMILES string of the molecule is CCCCCC1CCC(C(=O)Oc2c3c(c(OC(=O)C4CCC(CCCCC)CC4)c4c2C2c5ccccc5C4c4ccccc42)SC(=C(C#N)C(=O)OCCC(C)OC)S3)CC1. The third-order valence-electron chi connectivity index (χ3n) is 14.5. The fourth-order valence-corrected chi connectivity index (χ4v) is 13.4. The highest BCUT2D eigenvalue weighted by Crippen LogP contribution is 2.68. The lowest BCUT2D eigenvalue weighted by Crippen LogP contribution is -2.32. The zero-order valence-corrected chi connectivity index (χ0v) is 39.1. The molecule has 0 N–H and O–H groups in total. The average Bonchev–Trinajstić information content (AvgIpc) is 3.75. The van der Waals surface area contributed by atoms with E-state index in [2.05, 4.69) is 68.4 Å². The average molecular weight is 890 g/mol. The number of esters is 3. The second kappa shape index (κ2) is 20.9. The van der Waals surface area contributed by atoms with E-state index in [9.17, 15) is 19.6 Å². The Morgan fingerprint density at radius 2 is 1.11 bits per heavy atom. The normalized spacial score (nSPS) is 23.4. The van der Waals surface area contributed by atoms with Crippen LogP contribution in [0.5, 0.6) is 11.5 Å². The number of unbranched alkanes of at least 4 members (excludes halogenated alkanes) is 4. The maximum absolute atomic E-state index is 14.6. The summed E-state index contributed by atoms with van der Waals surface area (Å²) in [7, 11) is 1.61. The molecule has 8 nitrogen and oxygen atoms in total. The van der Waals surface area contributed by atoms with E-state index in [4.69, 9.17) is 18.9 Å². The minimum Gasteiger partial charge on any atom is -0.461 e. The molecule has 2 fully saturated rings. The van der Waals surface area contributed by atoms with Gasteiger partial charge in [0.25, 0.3) is 0 Å². The third kappa shape index (κ3) is 9.54. The van der Waals surface area contributed by atoms with Gasteiger partial charge in [0.1, 0.15) is 6.07 Å². The van der Waals surface area contributed by atoms with Crippen LogP contribution in [0.3, 0.4) is 0 Å². The zero-order chi connectivity index (χ0) is 44.0. The molecule has 1 heterocycles. The molecule has 0 saturated heterocycles. The number of nitriles is 1. The number of carbonyl (C=O) groups is 3. The highest BCUT2D eigenvalue weighted by Gasteiger charge is 2.49. The number of methoxy groups -OCH3 is 1. The van der Waals surface area contributed by atoms with Crippen molar-refractivity contribution in [3.05, 3.63) is 91.7 Å². The number of hydrogen-bond donors (Lipinski definition) is 0. The van der Waals surface area contributed by atoms with Gasteiger partial charge in [0.05, 0.1) is 38.6 Å². The molecule has 0 aromatic heterocycles. The first-order valence-electron chi connectivity index (χ1n) is 23.8. The summed E-state index contributed by atoms with van der Waals surface area (Å²) in [4.78, 5) is 44.1. The second-order valence-corrected chi connectivity index (χ2v) is 20.8. The number of carbonyl (C=O) groups excluding carboxylic acids is 3. The maximum Gasteiger partial charge on any atom is 0.350 e. The van der Waals surface area contributed by atoms with Gasteiger partial charge in [-0.25, -0.2) is 4.79 Å². The number of rotatable bonds is 17. The smallest absolute Gasteiger partial charge is 0.350 e. The molecule has 2 saturated carbocycles. The molecule has 2 bridgehead atoms. The van der Waals surface area contributed by atoms with E-state index in [0.717, 1.165) is 84.7 Å². The number of ether oxygens (including phenoxy) is 4. The molecule has 6 aliphatic rings. The van der Waals surface area contributed by atoms with Crippen molar-refractivity contribution in [3.63, 3.8) is 0 Å². The van der Waals surface area contributed by atoms with Crippen LogP contribution >= 0.6 is 23.5 Å². The molecule has 0 spiro atoms. The van der Waals surface area contributed by atoms with Gasteiger partial charge in [-0.15, -0.1) is 0 Å². The van der Waals surface area contributed by atoms with Crippen molar-refractivity contribution < 1.29 is 33.3 Å². The van der Waals surface area contributed by atoms with E-state index in [1.54, 1.807) is 7.11 Å². The molecule has 3 aromatic carbocycles. The van der Waals surface area contributed by atoms with Gasteiger partial charge in [-0.2, -0.15) is 5.26 Å². The lowest BCUT2D eigenvalue weighted by molar-refractivity contribution is -0.141. The number of hydrogen-bond acceptors (Lipinski definition) is 10. The summed E-state index contributed by atoms with van der Waals surface area (Å²) >= 11 is 2.49. The largest absolute Gasteiger partial charge is 0.461 e. The van der Waals surface area contributed by atoms with Crippen molar-refractivity contribution in [2.75, 3.05) is 13.7 Å². The predicted octanol–water partition coefficient (Wildman–Crippen LogP) is 13.2. The van der Waals surface area contributed by atoms with Gasteiger partial charge in [0.2, 0.25) is 0 Å². The first-order chi connectivity index (χ1) is 30.8. The van der Waals surface area contributed by atoms with Gasteiger partial charge in [0.15, 0.2) is 17.1 Å². The van der Waals surface area contributed by atoms with Crippen molar-refractivity contribution in [1.82, 2.24) is 0 Å². The van der Waals surface area contributed by atoms with Crippen molar-refractivity contribution in [2.24, 2.45) is 23.7 Å².